The zero-order valence-electron chi connectivity index (χ0n) is 9.69. The molecule has 16 heavy (non-hydrogen) atoms. The molecule has 0 spiro atoms. The van der Waals surface area contributed by atoms with Gasteiger partial charge < -0.3 is 15.7 Å². The van der Waals surface area contributed by atoms with Crippen molar-refractivity contribution in [2.75, 3.05) is 13.2 Å². The SMILES string of the molecule is CC(C(=O)N1CCCCC1CCO)C(N)=S. The van der Waals surface area contributed by atoms with Crippen LogP contribution in [-0.4, -0.2) is 40.1 Å². The monoisotopic (exact) mass is 244 g/mol. The maximum atomic E-state index is 12.1. The van der Waals surface area contributed by atoms with E-state index in [0.717, 1.165) is 25.8 Å². The second kappa shape index (κ2) is 6.15. The van der Waals surface area contributed by atoms with E-state index >= 15 is 0 Å². The van der Waals surface area contributed by atoms with Crippen molar-refractivity contribution in [3.05, 3.63) is 0 Å². The minimum atomic E-state index is -0.394. The first-order chi connectivity index (χ1) is 7.57. The van der Waals surface area contributed by atoms with Crippen LogP contribution in [0.1, 0.15) is 32.6 Å². The zero-order valence-corrected chi connectivity index (χ0v) is 10.5. The van der Waals surface area contributed by atoms with Gasteiger partial charge in [-0.25, -0.2) is 0 Å². The fraction of sp³-hybridized carbons (Fsp3) is 0.818. The molecule has 2 atom stereocenters. The molecule has 0 saturated carbocycles. The Morgan fingerprint density at radius 2 is 2.31 bits per heavy atom. The number of aliphatic hydroxyl groups excluding tert-OH is 1. The number of thiocarbonyl (C=S) groups is 1. The number of rotatable bonds is 4. The maximum absolute atomic E-state index is 12.1. The van der Waals surface area contributed by atoms with Crippen LogP contribution in [0.2, 0.25) is 0 Å². The third-order valence-corrected chi connectivity index (χ3v) is 3.52. The van der Waals surface area contributed by atoms with Crippen LogP contribution in [0.15, 0.2) is 0 Å². The second-order valence-corrected chi connectivity index (χ2v) is 4.79. The molecule has 0 aromatic heterocycles. The minimum Gasteiger partial charge on any atom is -0.396 e. The van der Waals surface area contributed by atoms with Gasteiger partial charge in [-0.2, -0.15) is 0 Å². The molecule has 0 bridgehead atoms. The summed E-state index contributed by atoms with van der Waals surface area (Å²) in [5.74, 6) is -0.389. The third kappa shape index (κ3) is 3.15. The number of nitrogens with zero attached hydrogens (tertiary/aromatic N) is 1. The fourth-order valence-corrected chi connectivity index (χ4v) is 2.21. The molecule has 1 heterocycles. The van der Waals surface area contributed by atoms with E-state index in [-0.39, 0.29) is 23.5 Å². The predicted molar refractivity (Wildman–Crippen MR) is 67.0 cm³/mol. The molecule has 92 valence electrons. The number of amides is 1. The van der Waals surface area contributed by atoms with Crippen LogP contribution >= 0.6 is 12.2 Å². The maximum Gasteiger partial charge on any atom is 0.232 e. The van der Waals surface area contributed by atoms with Gasteiger partial charge in [-0.05, 0) is 32.6 Å². The predicted octanol–water partition coefficient (Wildman–Crippen LogP) is 0.672. The first kappa shape index (κ1) is 13.4. The highest BCUT2D eigenvalue weighted by atomic mass is 32.1. The zero-order chi connectivity index (χ0) is 12.1. The summed E-state index contributed by atoms with van der Waals surface area (Å²) >= 11 is 4.85. The molecular formula is C11H20N2O2S. The topological polar surface area (TPSA) is 66.6 Å². The lowest BCUT2D eigenvalue weighted by molar-refractivity contribution is -0.136. The Labute approximate surface area is 102 Å². The molecule has 1 saturated heterocycles. The lowest BCUT2D eigenvalue weighted by Gasteiger charge is -2.37. The van der Waals surface area contributed by atoms with E-state index < -0.39 is 5.92 Å². The highest BCUT2D eigenvalue weighted by Gasteiger charge is 2.30. The van der Waals surface area contributed by atoms with Gasteiger partial charge in [0, 0.05) is 19.2 Å². The Morgan fingerprint density at radius 1 is 1.62 bits per heavy atom. The minimum absolute atomic E-state index is 0.00523. The summed E-state index contributed by atoms with van der Waals surface area (Å²) in [6, 6.07) is 0.156. The number of hydrogen-bond donors (Lipinski definition) is 2. The fourth-order valence-electron chi connectivity index (χ4n) is 2.11. The van der Waals surface area contributed by atoms with E-state index in [4.69, 9.17) is 23.1 Å². The standard InChI is InChI=1S/C11H20N2O2S/c1-8(10(12)16)11(15)13-6-3-2-4-9(13)5-7-14/h8-9,14H,2-7H2,1H3,(H2,12,16). The average Bonchev–Trinajstić information content (AvgIpc) is 2.28. The molecule has 2 unspecified atom stereocenters. The highest BCUT2D eigenvalue weighted by Crippen LogP contribution is 2.21. The number of nitrogens with two attached hydrogens (primary N) is 1. The van der Waals surface area contributed by atoms with Crippen molar-refractivity contribution in [2.45, 2.75) is 38.6 Å². The van der Waals surface area contributed by atoms with Crippen LogP contribution in [0.4, 0.5) is 0 Å². The number of likely N-dealkylation sites (tertiary alicyclic amines) is 1. The summed E-state index contributed by atoms with van der Waals surface area (Å²) in [6.07, 6.45) is 3.76. The normalized spacial score (nSPS) is 22.9. The Balaban J connectivity index is 2.67. The molecule has 1 amide bonds. The number of hydrogen-bond acceptors (Lipinski definition) is 3. The lowest BCUT2D eigenvalue weighted by Crippen LogP contribution is -2.48. The molecular weight excluding hydrogens is 224 g/mol. The summed E-state index contributed by atoms with van der Waals surface area (Å²) in [7, 11) is 0. The van der Waals surface area contributed by atoms with Crippen LogP contribution < -0.4 is 5.73 Å². The third-order valence-electron chi connectivity index (χ3n) is 3.17. The molecule has 0 aromatic rings. The molecule has 0 aliphatic carbocycles. The van der Waals surface area contributed by atoms with Crippen LogP contribution in [-0.2, 0) is 4.79 Å². The van der Waals surface area contributed by atoms with Gasteiger partial charge in [0.25, 0.3) is 0 Å². The van der Waals surface area contributed by atoms with E-state index in [9.17, 15) is 4.79 Å². The first-order valence-electron chi connectivity index (χ1n) is 5.78. The van der Waals surface area contributed by atoms with Crippen LogP contribution in [0.25, 0.3) is 0 Å². The molecule has 0 radical (unpaired) electrons. The molecule has 0 aromatic carbocycles. The van der Waals surface area contributed by atoms with Gasteiger partial charge in [0.05, 0.1) is 10.9 Å². The smallest absolute Gasteiger partial charge is 0.232 e. The Hall–Kier alpha value is -0.680. The van der Waals surface area contributed by atoms with Crippen LogP contribution in [0.5, 0.6) is 0 Å². The average molecular weight is 244 g/mol. The van der Waals surface area contributed by atoms with E-state index in [1.54, 1.807) is 6.92 Å². The van der Waals surface area contributed by atoms with Crippen molar-refractivity contribution in [1.82, 2.24) is 4.90 Å². The molecule has 4 nitrogen and oxygen atoms in total. The Morgan fingerprint density at radius 3 is 2.88 bits per heavy atom. The number of piperidine rings is 1. The summed E-state index contributed by atoms with van der Waals surface area (Å²) in [6.45, 7) is 2.63. The van der Waals surface area contributed by atoms with Crippen molar-refractivity contribution < 1.29 is 9.90 Å². The van der Waals surface area contributed by atoms with Gasteiger partial charge >= 0.3 is 0 Å². The van der Waals surface area contributed by atoms with E-state index in [2.05, 4.69) is 0 Å². The van der Waals surface area contributed by atoms with Crippen LogP contribution in [0, 0.1) is 5.92 Å². The van der Waals surface area contributed by atoms with Crippen molar-refractivity contribution in [3.8, 4) is 0 Å². The molecule has 1 aliphatic heterocycles. The number of carbonyl (C=O) groups is 1. The first-order valence-corrected chi connectivity index (χ1v) is 6.19. The van der Waals surface area contributed by atoms with E-state index in [0.29, 0.717) is 6.42 Å². The van der Waals surface area contributed by atoms with E-state index in [1.165, 1.54) is 0 Å². The van der Waals surface area contributed by atoms with Crippen LogP contribution in [0.3, 0.4) is 0 Å². The van der Waals surface area contributed by atoms with Gasteiger partial charge in [0.15, 0.2) is 0 Å². The number of aliphatic hydroxyl groups is 1. The summed E-state index contributed by atoms with van der Waals surface area (Å²) in [5.41, 5.74) is 5.50. The molecule has 1 rings (SSSR count). The largest absolute Gasteiger partial charge is 0.396 e. The summed E-state index contributed by atoms with van der Waals surface area (Å²) < 4.78 is 0. The molecule has 3 N–H and O–H groups in total. The van der Waals surface area contributed by atoms with Gasteiger partial charge in [-0.1, -0.05) is 12.2 Å². The van der Waals surface area contributed by atoms with Crippen molar-refractivity contribution in [1.29, 1.82) is 0 Å². The van der Waals surface area contributed by atoms with Crippen molar-refractivity contribution in [2.24, 2.45) is 11.7 Å². The van der Waals surface area contributed by atoms with Gasteiger partial charge in [0.1, 0.15) is 0 Å². The summed E-state index contributed by atoms with van der Waals surface area (Å²) in [4.78, 5) is 14.2. The van der Waals surface area contributed by atoms with E-state index in [1.807, 2.05) is 4.90 Å². The van der Waals surface area contributed by atoms with Crippen molar-refractivity contribution in [3.63, 3.8) is 0 Å². The summed E-state index contributed by atoms with van der Waals surface area (Å²) in [5, 5.41) is 8.98. The molecule has 1 fully saturated rings. The lowest BCUT2D eigenvalue weighted by atomic mass is 9.97. The van der Waals surface area contributed by atoms with Crippen molar-refractivity contribution >= 4 is 23.1 Å². The molecule has 5 heteroatoms. The second-order valence-electron chi connectivity index (χ2n) is 4.32. The van der Waals surface area contributed by atoms with Gasteiger partial charge in [-0.3, -0.25) is 4.79 Å². The Kier molecular flexibility index (Phi) is 5.15. The van der Waals surface area contributed by atoms with Gasteiger partial charge in [0.2, 0.25) is 5.91 Å². The highest BCUT2D eigenvalue weighted by molar-refractivity contribution is 7.80. The Bertz CT molecular complexity index is 269. The van der Waals surface area contributed by atoms with Gasteiger partial charge in [-0.15, -0.1) is 0 Å². The molecule has 1 aliphatic rings. The number of carbonyl (C=O) groups excluding carboxylic acids is 1. The quantitative estimate of drug-likeness (QED) is 0.713.